The van der Waals surface area contributed by atoms with Gasteiger partial charge in [-0.2, -0.15) is 0 Å². The number of aliphatic hydroxyl groups excluding tert-OH is 1. The Kier molecular flexibility index (Phi) is 8.81. The highest BCUT2D eigenvalue weighted by molar-refractivity contribution is 6.51. The van der Waals surface area contributed by atoms with E-state index in [4.69, 9.17) is 9.47 Å². The van der Waals surface area contributed by atoms with Crippen LogP contribution in [0.1, 0.15) is 67.6 Å². The van der Waals surface area contributed by atoms with E-state index in [1.165, 1.54) is 4.90 Å². The SMILES string of the molecule is CCCCCOc1ccc(/C(O)=C2\C(=O)C(=O)N(c3ccc(C(=O)OC(C)C)cc3)C2c2ccccc2)cc1. The average Bonchev–Trinajstić information content (AvgIpc) is 3.21. The van der Waals surface area contributed by atoms with Crippen molar-refractivity contribution in [2.24, 2.45) is 0 Å². The van der Waals surface area contributed by atoms with E-state index in [9.17, 15) is 19.5 Å². The highest BCUT2D eigenvalue weighted by Crippen LogP contribution is 2.42. The first-order chi connectivity index (χ1) is 18.8. The van der Waals surface area contributed by atoms with Crippen molar-refractivity contribution in [3.05, 3.63) is 101 Å². The number of anilines is 1. The first-order valence-corrected chi connectivity index (χ1v) is 13.2. The summed E-state index contributed by atoms with van der Waals surface area (Å²) in [5, 5.41) is 11.3. The lowest BCUT2D eigenvalue weighted by atomic mass is 9.95. The summed E-state index contributed by atoms with van der Waals surface area (Å²) in [6.45, 7) is 6.26. The Morgan fingerprint density at radius 1 is 0.897 bits per heavy atom. The molecule has 1 amide bonds. The Morgan fingerprint density at radius 3 is 2.15 bits per heavy atom. The van der Waals surface area contributed by atoms with Gasteiger partial charge in [0.1, 0.15) is 11.5 Å². The zero-order valence-corrected chi connectivity index (χ0v) is 22.4. The number of ketones is 1. The Labute approximate surface area is 228 Å². The second-order valence-corrected chi connectivity index (χ2v) is 9.66. The van der Waals surface area contributed by atoms with E-state index in [1.54, 1.807) is 74.5 Å². The first kappa shape index (κ1) is 27.6. The van der Waals surface area contributed by atoms with Crippen LogP contribution in [0.4, 0.5) is 5.69 Å². The Morgan fingerprint density at radius 2 is 1.54 bits per heavy atom. The van der Waals surface area contributed by atoms with Crippen LogP contribution in [-0.4, -0.2) is 35.5 Å². The highest BCUT2D eigenvalue weighted by Gasteiger charge is 2.46. The maximum absolute atomic E-state index is 13.3. The lowest BCUT2D eigenvalue weighted by Crippen LogP contribution is -2.29. The van der Waals surface area contributed by atoms with Gasteiger partial charge in [-0.15, -0.1) is 0 Å². The molecular formula is C32H33NO6. The van der Waals surface area contributed by atoms with Gasteiger partial charge < -0.3 is 14.6 Å². The topological polar surface area (TPSA) is 93.1 Å². The molecule has 0 radical (unpaired) electrons. The largest absolute Gasteiger partial charge is 0.507 e. The second kappa shape index (κ2) is 12.4. The van der Waals surface area contributed by atoms with Crippen LogP contribution in [0.5, 0.6) is 5.75 Å². The van der Waals surface area contributed by atoms with Gasteiger partial charge in [-0.25, -0.2) is 4.79 Å². The second-order valence-electron chi connectivity index (χ2n) is 9.66. The van der Waals surface area contributed by atoms with Gasteiger partial charge >= 0.3 is 5.97 Å². The van der Waals surface area contributed by atoms with Crippen molar-refractivity contribution < 1.29 is 29.0 Å². The summed E-state index contributed by atoms with van der Waals surface area (Å²) in [5.74, 6) is -1.63. The van der Waals surface area contributed by atoms with E-state index < -0.39 is 23.7 Å². The van der Waals surface area contributed by atoms with E-state index in [0.717, 1.165) is 19.3 Å². The first-order valence-electron chi connectivity index (χ1n) is 13.2. The summed E-state index contributed by atoms with van der Waals surface area (Å²) in [4.78, 5) is 40.3. The molecule has 1 unspecified atom stereocenters. The third-order valence-electron chi connectivity index (χ3n) is 6.43. The molecular weight excluding hydrogens is 494 g/mol. The predicted octanol–water partition coefficient (Wildman–Crippen LogP) is 6.45. The summed E-state index contributed by atoms with van der Waals surface area (Å²) in [5.41, 5.74) is 1.81. The maximum atomic E-state index is 13.3. The summed E-state index contributed by atoms with van der Waals surface area (Å²) >= 11 is 0. The third-order valence-corrected chi connectivity index (χ3v) is 6.43. The number of unbranched alkanes of at least 4 members (excludes halogenated alkanes) is 2. The van der Waals surface area contributed by atoms with Crippen LogP contribution in [0, 0.1) is 0 Å². The highest BCUT2D eigenvalue weighted by atomic mass is 16.5. The molecule has 7 nitrogen and oxygen atoms in total. The number of esters is 1. The molecule has 4 rings (SSSR count). The van der Waals surface area contributed by atoms with Gasteiger partial charge in [0.2, 0.25) is 0 Å². The zero-order chi connectivity index (χ0) is 27.9. The molecule has 0 aromatic heterocycles. The van der Waals surface area contributed by atoms with Crippen LogP contribution in [0.2, 0.25) is 0 Å². The molecule has 7 heteroatoms. The fourth-order valence-corrected chi connectivity index (χ4v) is 4.50. The minimum Gasteiger partial charge on any atom is -0.507 e. The van der Waals surface area contributed by atoms with Crippen LogP contribution >= 0.6 is 0 Å². The van der Waals surface area contributed by atoms with Gasteiger partial charge in [-0.1, -0.05) is 50.1 Å². The summed E-state index contributed by atoms with van der Waals surface area (Å²) in [7, 11) is 0. The molecule has 0 aliphatic carbocycles. The normalized spacial score (nSPS) is 16.5. The number of Topliss-reactive ketones (excluding diaryl/α,β-unsaturated/α-hetero) is 1. The standard InChI is InChI=1S/C32H33NO6/c1-4-5-9-20-38-26-18-14-23(15-19-26)29(34)27-28(22-10-7-6-8-11-22)33(31(36)30(27)35)25-16-12-24(13-17-25)32(37)39-21(2)3/h6-8,10-19,21,28,34H,4-5,9,20H2,1-3H3/b29-27+. The number of carbonyl (C=O) groups is 3. The molecule has 1 fully saturated rings. The lowest BCUT2D eigenvalue weighted by Gasteiger charge is -2.25. The smallest absolute Gasteiger partial charge is 0.338 e. The molecule has 1 saturated heterocycles. The lowest BCUT2D eigenvalue weighted by molar-refractivity contribution is -0.132. The number of benzene rings is 3. The predicted molar refractivity (Wildman–Crippen MR) is 150 cm³/mol. The van der Waals surface area contributed by atoms with Crippen molar-refractivity contribution >= 4 is 29.1 Å². The molecule has 1 N–H and O–H groups in total. The molecule has 39 heavy (non-hydrogen) atoms. The van der Waals surface area contributed by atoms with E-state index in [2.05, 4.69) is 6.92 Å². The van der Waals surface area contributed by atoms with Crippen LogP contribution < -0.4 is 9.64 Å². The van der Waals surface area contributed by atoms with Gasteiger partial charge in [0.25, 0.3) is 11.7 Å². The van der Waals surface area contributed by atoms with Crippen LogP contribution in [-0.2, 0) is 14.3 Å². The third kappa shape index (κ3) is 6.20. The Hall–Kier alpha value is -4.39. The number of aliphatic hydroxyl groups is 1. The van der Waals surface area contributed by atoms with Crippen molar-refractivity contribution in [3.8, 4) is 5.75 Å². The van der Waals surface area contributed by atoms with Crippen molar-refractivity contribution in [3.63, 3.8) is 0 Å². The van der Waals surface area contributed by atoms with Crippen LogP contribution in [0.25, 0.3) is 5.76 Å². The molecule has 0 bridgehead atoms. The molecule has 202 valence electrons. The average molecular weight is 528 g/mol. The molecule has 1 aliphatic rings. The molecule has 1 aliphatic heterocycles. The molecule has 0 spiro atoms. The van der Waals surface area contributed by atoms with Crippen LogP contribution in [0.15, 0.2) is 84.4 Å². The van der Waals surface area contributed by atoms with Crippen molar-refractivity contribution in [1.82, 2.24) is 0 Å². The minimum absolute atomic E-state index is 0.00823. The van der Waals surface area contributed by atoms with Gasteiger partial charge in [0.05, 0.1) is 29.9 Å². The monoisotopic (exact) mass is 527 g/mol. The number of hydrogen-bond acceptors (Lipinski definition) is 6. The quantitative estimate of drug-likeness (QED) is 0.107. The minimum atomic E-state index is -0.857. The van der Waals surface area contributed by atoms with E-state index in [-0.39, 0.29) is 17.4 Å². The number of ether oxygens (including phenoxy) is 2. The van der Waals surface area contributed by atoms with Gasteiger partial charge in [0.15, 0.2) is 0 Å². The Balaban J connectivity index is 1.70. The van der Waals surface area contributed by atoms with Gasteiger partial charge in [-0.3, -0.25) is 14.5 Å². The number of amides is 1. The maximum Gasteiger partial charge on any atom is 0.338 e. The van der Waals surface area contributed by atoms with Crippen molar-refractivity contribution in [2.45, 2.75) is 52.2 Å². The summed E-state index contributed by atoms with van der Waals surface area (Å²) < 4.78 is 11.0. The van der Waals surface area contributed by atoms with E-state index >= 15 is 0 Å². The van der Waals surface area contributed by atoms with Crippen molar-refractivity contribution in [1.29, 1.82) is 0 Å². The summed E-state index contributed by atoms with van der Waals surface area (Å²) in [6, 6.07) is 21.4. The fraction of sp³-hybridized carbons (Fsp3) is 0.281. The molecule has 1 heterocycles. The van der Waals surface area contributed by atoms with E-state index in [1.807, 2.05) is 18.2 Å². The van der Waals surface area contributed by atoms with Gasteiger partial charge in [0, 0.05) is 11.3 Å². The zero-order valence-electron chi connectivity index (χ0n) is 22.4. The summed E-state index contributed by atoms with van der Waals surface area (Å²) in [6.07, 6.45) is 2.88. The molecule has 3 aromatic rings. The number of hydrogen-bond donors (Lipinski definition) is 1. The number of carbonyl (C=O) groups excluding carboxylic acids is 3. The molecule has 0 saturated carbocycles. The molecule has 1 atom stereocenters. The number of rotatable bonds is 10. The van der Waals surface area contributed by atoms with E-state index in [0.29, 0.717) is 34.7 Å². The van der Waals surface area contributed by atoms with Crippen molar-refractivity contribution in [2.75, 3.05) is 11.5 Å². The van der Waals surface area contributed by atoms with Gasteiger partial charge in [-0.05, 0) is 74.4 Å². The Bertz CT molecular complexity index is 1340. The fourth-order valence-electron chi connectivity index (χ4n) is 4.50. The van der Waals surface area contributed by atoms with Crippen LogP contribution in [0.3, 0.4) is 0 Å². The molecule has 3 aromatic carbocycles. The number of nitrogens with zero attached hydrogens (tertiary/aromatic N) is 1.